The molecule has 2 atom stereocenters. The van der Waals surface area contributed by atoms with Gasteiger partial charge in [0.25, 0.3) is 5.91 Å². The molecule has 1 amide bonds. The zero-order valence-electron chi connectivity index (χ0n) is 9.10. The molecule has 2 bridgehead atoms. The first-order valence-electron chi connectivity index (χ1n) is 5.76. The molecule has 1 aromatic rings. The molecule has 2 aliphatic rings. The lowest BCUT2D eigenvalue weighted by Crippen LogP contribution is -2.38. The molecule has 1 aliphatic carbocycles. The van der Waals surface area contributed by atoms with Crippen LogP contribution in [0.25, 0.3) is 0 Å². The second kappa shape index (κ2) is 3.47. The van der Waals surface area contributed by atoms with Crippen molar-refractivity contribution in [2.75, 3.05) is 12.3 Å². The van der Waals surface area contributed by atoms with Crippen LogP contribution >= 0.6 is 0 Å². The van der Waals surface area contributed by atoms with Gasteiger partial charge in [0, 0.05) is 30.7 Å². The average molecular weight is 217 g/mol. The third-order valence-corrected chi connectivity index (χ3v) is 3.76. The third-order valence-electron chi connectivity index (χ3n) is 3.76. The Bertz CT molecular complexity index is 432. The van der Waals surface area contributed by atoms with E-state index in [1.165, 1.54) is 12.8 Å². The molecule has 2 unspecified atom stereocenters. The van der Waals surface area contributed by atoms with Gasteiger partial charge in [-0.15, -0.1) is 0 Å². The van der Waals surface area contributed by atoms with Crippen molar-refractivity contribution in [3.63, 3.8) is 0 Å². The number of pyridine rings is 1. The Hall–Kier alpha value is -1.58. The molecule has 2 fully saturated rings. The number of rotatable bonds is 1. The number of fused-ring (bicyclic) bond motifs is 2. The predicted molar refractivity (Wildman–Crippen MR) is 60.8 cm³/mol. The fraction of sp³-hybridized carbons (Fsp3) is 0.500. The number of aromatic nitrogens is 1. The highest BCUT2D eigenvalue weighted by atomic mass is 16.2. The van der Waals surface area contributed by atoms with Crippen molar-refractivity contribution in [1.29, 1.82) is 0 Å². The van der Waals surface area contributed by atoms with Crippen LogP contribution in [0.4, 0.5) is 5.69 Å². The van der Waals surface area contributed by atoms with Crippen molar-refractivity contribution >= 4 is 11.6 Å². The molecule has 0 spiro atoms. The van der Waals surface area contributed by atoms with E-state index >= 15 is 0 Å². The summed E-state index contributed by atoms with van der Waals surface area (Å²) in [5.41, 5.74) is 6.88. The van der Waals surface area contributed by atoms with Crippen molar-refractivity contribution < 1.29 is 4.79 Å². The summed E-state index contributed by atoms with van der Waals surface area (Å²) in [6, 6.07) is 2.12. The van der Waals surface area contributed by atoms with Crippen LogP contribution in [0.3, 0.4) is 0 Å². The van der Waals surface area contributed by atoms with Gasteiger partial charge in [-0.05, 0) is 31.2 Å². The Balaban J connectivity index is 1.86. The maximum atomic E-state index is 12.3. The summed E-state index contributed by atoms with van der Waals surface area (Å²) < 4.78 is 0. The number of carbonyl (C=O) groups excluding carboxylic acids is 1. The van der Waals surface area contributed by atoms with E-state index in [0.717, 1.165) is 13.0 Å². The summed E-state index contributed by atoms with van der Waals surface area (Å²) in [5.74, 6) is 0.768. The molecule has 4 nitrogen and oxygen atoms in total. The largest absolute Gasteiger partial charge is 0.398 e. The lowest BCUT2D eigenvalue weighted by molar-refractivity contribution is 0.0704. The number of hydrogen-bond acceptors (Lipinski definition) is 3. The van der Waals surface area contributed by atoms with E-state index in [4.69, 9.17) is 5.73 Å². The van der Waals surface area contributed by atoms with E-state index in [2.05, 4.69) is 4.98 Å². The van der Waals surface area contributed by atoms with Crippen LogP contribution in [0.15, 0.2) is 18.5 Å². The van der Waals surface area contributed by atoms with E-state index in [-0.39, 0.29) is 5.91 Å². The van der Waals surface area contributed by atoms with Gasteiger partial charge in [-0.1, -0.05) is 0 Å². The molecule has 1 aromatic heterocycles. The molecule has 0 aromatic carbocycles. The maximum absolute atomic E-state index is 12.3. The van der Waals surface area contributed by atoms with Gasteiger partial charge in [-0.2, -0.15) is 0 Å². The molecule has 1 aliphatic heterocycles. The van der Waals surface area contributed by atoms with Crippen molar-refractivity contribution in [2.24, 2.45) is 5.92 Å². The zero-order valence-corrected chi connectivity index (χ0v) is 9.10. The molecular formula is C12H15N3O. The summed E-state index contributed by atoms with van der Waals surface area (Å²) in [6.07, 6.45) is 6.78. The molecule has 1 saturated heterocycles. The van der Waals surface area contributed by atoms with E-state index in [1.54, 1.807) is 18.5 Å². The minimum Gasteiger partial charge on any atom is -0.398 e. The first kappa shape index (κ1) is 9.63. The Kier molecular flexibility index (Phi) is 2.09. The molecule has 2 heterocycles. The third kappa shape index (κ3) is 1.37. The molecule has 4 heteroatoms. The second-order valence-corrected chi connectivity index (χ2v) is 4.75. The molecule has 0 radical (unpaired) electrons. The van der Waals surface area contributed by atoms with Crippen molar-refractivity contribution in [2.45, 2.75) is 25.3 Å². The van der Waals surface area contributed by atoms with E-state index in [9.17, 15) is 4.79 Å². The van der Waals surface area contributed by atoms with Gasteiger partial charge < -0.3 is 10.6 Å². The SMILES string of the molecule is Nc1ccncc1C(=O)N1CC2CCC1C2. The Morgan fingerprint density at radius 3 is 3.00 bits per heavy atom. The fourth-order valence-corrected chi connectivity index (χ4v) is 2.91. The van der Waals surface area contributed by atoms with Crippen LogP contribution in [0.5, 0.6) is 0 Å². The number of nitrogen functional groups attached to an aromatic ring is 1. The van der Waals surface area contributed by atoms with Crippen LogP contribution in [-0.4, -0.2) is 28.4 Å². The van der Waals surface area contributed by atoms with Gasteiger partial charge in [-0.3, -0.25) is 9.78 Å². The van der Waals surface area contributed by atoms with Crippen LogP contribution in [-0.2, 0) is 0 Å². The van der Waals surface area contributed by atoms with Gasteiger partial charge in [-0.25, -0.2) is 0 Å². The van der Waals surface area contributed by atoms with E-state index in [1.807, 2.05) is 4.90 Å². The number of amides is 1. The van der Waals surface area contributed by atoms with Crippen LogP contribution in [0, 0.1) is 5.92 Å². The predicted octanol–water partition coefficient (Wildman–Crippen LogP) is 1.29. The standard InChI is InChI=1S/C12H15N3O/c13-11-3-4-14-6-10(11)12(16)15-7-8-1-2-9(15)5-8/h3-4,6,8-9H,1-2,5,7H2,(H2,13,14). The first-order chi connectivity index (χ1) is 7.75. The number of nitrogens with zero attached hydrogens (tertiary/aromatic N) is 2. The van der Waals surface area contributed by atoms with Gasteiger partial charge in [0.2, 0.25) is 0 Å². The minimum absolute atomic E-state index is 0.0535. The highest BCUT2D eigenvalue weighted by Gasteiger charge is 2.40. The highest BCUT2D eigenvalue weighted by Crippen LogP contribution is 2.38. The summed E-state index contributed by atoms with van der Waals surface area (Å²) in [6.45, 7) is 0.901. The zero-order chi connectivity index (χ0) is 11.1. The number of nitrogens with two attached hydrogens (primary N) is 1. The lowest BCUT2D eigenvalue weighted by atomic mass is 10.1. The van der Waals surface area contributed by atoms with Gasteiger partial charge in [0.15, 0.2) is 0 Å². The van der Waals surface area contributed by atoms with Crippen LogP contribution in [0.1, 0.15) is 29.6 Å². The maximum Gasteiger partial charge on any atom is 0.257 e. The lowest BCUT2D eigenvalue weighted by Gasteiger charge is -2.27. The van der Waals surface area contributed by atoms with Gasteiger partial charge in [0.05, 0.1) is 5.56 Å². The summed E-state index contributed by atoms with van der Waals surface area (Å²) in [5, 5.41) is 0. The number of carbonyl (C=O) groups is 1. The van der Waals surface area contributed by atoms with Crippen molar-refractivity contribution in [3.8, 4) is 0 Å². The topological polar surface area (TPSA) is 59.2 Å². The number of anilines is 1. The Labute approximate surface area is 94.5 Å². The minimum atomic E-state index is 0.0535. The number of hydrogen-bond donors (Lipinski definition) is 1. The van der Waals surface area contributed by atoms with Crippen molar-refractivity contribution in [1.82, 2.24) is 9.88 Å². The fourth-order valence-electron chi connectivity index (χ4n) is 2.91. The van der Waals surface area contributed by atoms with Gasteiger partial charge in [0.1, 0.15) is 0 Å². The second-order valence-electron chi connectivity index (χ2n) is 4.75. The van der Waals surface area contributed by atoms with Crippen LogP contribution in [0.2, 0.25) is 0 Å². The van der Waals surface area contributed by atoms with Crippen molar-refractivity contribution in [3.05, 3.63) is 24.0 Å². The number of piperidine rings is 1. The summed E-state index contributed by atoms with van der Waals surface area (Å²) >= 11 is 0. The smallest absolute Gasteiger partial charge is 0.257 e. The van der Waals surface area contributed by atoms with Gasteiger partial charge >= 0.3 is 0 Å². The Morgan fingerprint density at radius 1 is 1.50 bits per heavy atom. The monoisotopic (exact) mass is 217 g/mol. The normalized spacial score (nSPS) is 27.4. The number of likely N-dealkylation sites (tertiary alicyclic amines) is 1. The van der Waals surface area contributed by atoms with Crippen LogP contribution < -0.4 is 5.73 Å². The molecule has 1 saturated carbocycles. The quantitative estimate of drug-likeness (QED) is 0.771. The van der Waals surface area contributed by atoms with E-state index in [0.29, 0.717) is 23.2 Å². The average Bonchev–Trinajstić information content (AvgIpc) is 2.90. The Morgan fingerprint density at radius 2 is 2.38 bits per heavy atom. The molecule has 2 N–H and O–H groups in total. The molecule has 3 rings (SSSR count). The summed E-state index contributed by atoms with van der Waals surface area (Å²) in [4.78, 5) is 18.2. The first-order valence-corrected chi connectivity index (χ1v) is 5.76. The molecule has 84 valence electrons. The summed E-state index contributed by atoms with van der Waals surface area (Å²) in [7, 11) is 0. The highest BCUT2D eigenvalue weighted by molar-refractivity contribution is 5.99. The molecule has 16 heavy (non-hydrogen) atoms. The molecular weight excluding hydrogens is 202 g/mol. The van der Waals surface area contributed by atoms with E-state index < -0.39 is 0 Å².